The number of benzene rings is 1. The first-order valence-electron chi connectivity index (χ1n) is 6.35. The lowest BCUT2D eigenvalue weighted by atomic mass is 9.72. The summed E-state index contributed by atoms with van der Waals surface area (Å²) in [7, 11) is 2.03. The van der Waals surface area contributed by atoms with Gasteiger partial charge in [0.15, 0.2) is 0 Å². The molecule has 0 amide bonds. The third-order valence-electron chi connectivity index (χ3n) is 3.85. The quantitative estimate of drug-likeness (QED) is 0.869. The summed E-state index contributed by atoms with van der Waals surface area (Å²) in [5.74, 6) is 2.17. The van der Waals surface area contributed by atoms with Gasteiger partial charge in [-0.2, -0.15) is 0 Å². The van der Waals surface area contributed by atoms with Gasteiger partial charge in [0.25, 0.3) is 0 Å². The van der Waals surface area contributed by atoms with Crippen molar-refractivity contribution in [1.82, 2.24) is 14.8 Å². The van der Waals surface area contributed by atoms with Crippen molar-refractivity contribution in [3.63, 3.8) is 0 Å². The largest absolute Gasteiger partial charge is 0.320 e. The fraction of sp³-hybridized carbons (Fsp3) is 0.429. The van der Waals surface area contributed by atoms with Gasteiger partial charge < -0.3 is 4.57 Å². The molecule has 0 N–H and O–H groups in total. The number of rotatable bonds is 3. The van der Waals surface area contributed by atoms with Gasteiger partial charge in [-0.15, -0.1) is 10.2 Å². The summed E-state index contributed by atoms with van der Waals surface area (Å²) in [6.45, 7) is 0. The third kappa shape index (κ3) is 2.09. The van der Waals surface area contributed by atoms with Crippen LogP contribution in [0, 0.1) is 5.92 Å². The summed E-state index contributed by atoms with van der Waals surface area (Å²) in [6.07, 6.45) is 5.72. The Balaban J connectivity index is 2.03. The van der Waals surface area contributed by atoms with Crippen molar-refractivity contribution >= 4 is 15.9 Å². The van der Waals surface area contributed by atoms with Crippen molar-refractivity contribution in [3.8, 4) is 0 Å². The van der Waals surface area contributed by atoms with E-state index >= 15 is 0 Å². The van der Waals surface area contributed by atoms with Crippen molar-refractivity contribution in [2.75, 3.05) is 0 Å². The van der Waals surface area contributed by atoms with Crippen molar-refractivity contribution in [1.29, 1.82) is 0 Å². The molecule has 0 spiro atoms. The predicted molar refractivity (Wildman–Crippen MR) is 74.3 cm³/mol. The van der Waals surface area contributed by atoms with Gasteiger partial charge in [0.2, 0.25) is 0 Å². The van der Waals surface area contributed by atoms with Crippen LogP contribution in [-0.4, -0.2) is 14.8 Å². The Morgan fingerprint density at radius 3 is 2.78 bits per heavy atom. The molecule has 4 heteroatoms. The first kappa shape index (κ1) is 11.9. The average molecular weight is 306 g/mol. The second-order valence-corrected chi connectivity index (χ2v) is 5.94. The molecule has 0 bridgehead atoms. The fourth-order valence-corrected chi connectivity index (χ4v) is 3.10. The maximum absolute atomic E-state index is 4.32. The van der Waals surface area contributed by atoms with Gasteiger partial charge in [-0.25, -0.2) is 0 Å². The van der Waals surface area contributed by atoms with Crippen LogP contribution in [0.1, 0.15) is 36.6 Å². The molecule has 3 nitrogen and oxygen atoms in total. The molecule has 1 saturated carbocycles. The molecule has 0 radical (unpaired) electrons. The van der Waals surface area contributed by atoms with Crippen LogP contribution in [0.2, 0.25) is 0 Å². The van der Waals surface area contributed by atoms with Crippen LogP contribution in [0.3, 0.4) is 0 Å². The van der Waals surface area contributed by atoms with Gasteiger partial charge in [-0.1, -0.05) is 34.5 Å². The topological polar surface area (TPSA) is 30.7 Å². The van der Waals surface area contributed by atoms with Crippen LogP contribution in [0.4, 0.5) is 0 Å². The molecule has 1 fully saturated rings. The Hall–Kier alpha value is -1.16. The summed E-state index contributed by atoms with van der Waals surface area (Å²) in [4.78, 5) is 0. The number of halogens is 1. The summed E-state index contributed by atoms with van der Waals surface area (Å²) in [5, 5.41) is 8.36. The zero-order chi connectivity index (χ0) is 12.5. The van der Waals surface area contributed by atoms with Crippen molar-refractivity contribution in [2.24, 2.45) is 13.0 Å². The van der Waals surface area contributed by atoms with Gasteiger partial charge in [0.1, 0.15) is 12.2 Å². The maximum atomic E-state index is 4.32. The van der Waals surface area contributed by atoms with Crippen LogP contribution in [-0.2, 0) is 7.05 Å². The highest BCUT2D eigenvalue weighted by Gasteiger charge is 2.32. The lowest BCUT2D eigenvalue weighted by molar-refractivity contribution is 0.274. The van der Waals surface area contributed by atoms with E-state index < -0.39 is 0 Å². The molecule has 94 valence electrons. The summed E-state index contributed by atoms with van der Waals surface area (Å²) < 4.78 is 3.18. The van der Waals surface area contributed by atoms with E-state index in [1.165, 1.54) is 24.8 Å². The number of hydrogen-bond donors (Lipinski definition) is 0. The molecule has 0 aliphatic heterocycles. The van der Waals surface area contributed by atoms with Crippen LogP contribution < -0.4 is 0 Å². The standard InChI is InChI=1S/C14H16BrN3/c1-18-9-16-17-14(18)13(10-4-2-5-10)11-6-3-7-12(15)8-11/h3,6-10,13H,2,4-5H2,1H3/t13-/m1/s1. The summed E-state index contributed by atoms with van der Waals surface area (Å²) in [5.41, 5.74) is 1.34. The Morgan fingerprint density at radius 2 is 2.22 bits per heavy atom. The molecule has 0 saturated heterocycles. The summed E-state index contributed by atoms with van der Waals surface area (Å²) in [6, 6.07) is 8.57. The first-order valence-corrected chi connectivity index (χ1v) is 7.14. The monoisotopic (exact) mass is 305 g/mol. The van der Waals surface area contributed by atoms with E-state index in [2.05, 4.69) is 50.4 Å². The molecule has 18 heavy (non-hydrogen) atoms. The van der Waals surface area contributed by atoms with Crippen molar-refractivity contribution in [2.45, 2.75) is 25.2 Å². The van der Waals surface area contributed by atoms with Gasteiger partial charge in [-0.05, 0) is 36.5 Å². The van der Waals surface area contributed by atoms with E-state index in [0.29, 0.717) is 11.8 Å². The second-order valence-electron chi connectivity index (χ2n) is 5.02. The highest BCUT2D eigenvalue weighted by molar-refractivity contribution is 9.10. The molecular weight excluding hydrogens is 290 g/mol. The van der Waals surface area contributed by atoms with Gasteiger partial charge in [0.05, 0.1) is 0 Å². The Labute approximate surface area is 115 Å². The molecule has 1 heterocycles. The SMILES string of the molecule is Cn1cnnc1[C@@H](c1cccc(Br)c1)C1CCC1. The molecule has 1 aromatic carbocycles. The molecule has 3 rings (SSSR count). The van der Waals surface area contributed by atoms with E-state index in [-0.39, 0.29) is 0 Å². The minimum Gasteiger partial charge on any atom is -0.320 e. The van der Waals surface area contributed by atoms with E-state index in [0.717, 1.165) is 10.3 Å². The van der Waals surface area contributed by atoms with Crippen molar-refractivity contribution in [3.05, 3.63) is 46.5 Å². The van der Waals surface area contributed by atoms with Crippen molar-refractivity contribution < 1.29 is 0 Å². The molecule has 1 aliphatic carbocycles. The van der Waals surface area contributed by atoms with Crippen LogP contribution in [0.15, 0.2) is 35.1 Å². The van der Waals surface area contributed by atoms with Gasteiger partial charge in [-0.3, -0.25) is 0 Å². The Morgan fingerprint density at radius 1 is 1.39 bits per heavy atom. The molecule has 0 unspecified atom stereocenters. The highest BCUT2D eigenvalue weighted by Crippen LogP contribution is 2.42. The molecule has 1 aromatic heterocycles. The Kier molecular flexibility index (Phi) is 3.20. The number of hydrogen-bond acceptors (Lipinski definition) is 2. The number of nitrogens with zero attached hydrogens (tertiary/aromatic N) is 3. The average Bonchev–Trinajstić information content (AvgIpc) is 2.69. The minimum atomic E-state index is 0.378. The molecule has 1 atom stereocenters. The van der Waals surface area contributed by atoms with Crippen LogP contribution in [0.5, 0.6) is 0 Å². The normalized spacial score (nSPS) is 17.4. The molecular formula is C14H16BrN3. The molecule has 2 aromatic rings. The second kappa shape index (κ2) is 4.84. The zero-order valence-corrected chi connectivity index (χ0v) is 12.0. The van der Waals surface area contributed by atoms with Gasteiger partial charge >= 0.3 is 0 Å². The van der Waals surface area contributed by atoms with E-state index in [1.807, 2.05) is 11.6 Å². The molecule has 1 aliphatic rings. The Bertz CT molecular complexity index is 545. The first-order chi connectivity index (χ1) is 8.75. The third-order valence-corrected chi connectivity index (χ3v) is 4.35. The van der Waals surface area contributed by atoms with E-state index in [9.17, 15) is 0 Å². The number of aryl methyl sites for hydroxylation is 1. The predicted octanol–water partition coefficient (Wildman–Crippen LogP) is 3.51. The highest BCUT2D eigenvalue weighted by atomic mass is 79.9. The van der Waals surface area contributed by atoms with Gasteiger partial charge in [0, 0.05) is 17.4 Å². The minimum absolute atomic E-state index is 0.378. The van der Waals surface area contributed by atoms with Crippen LogP contribution >= 0.6 is 15.9 Å². The smallest absolute Gasteiger partial charge is 0.140 e. The maximum Gasteiger partial charge on any atom is 0.140 e. The zero-order valence-electron chi connectivity index (χ0n) is 10.4. The lowest BCUT2D eigenvalue weighted by Crippen LogP contribution is -2.23. The van der Waals surface area contributed by atoms with E-state index in [4.69, 9.17) is 0 Å². The lowest BCUT2D eigenvalue weighted by Gasteiger charge is -2.33. The summed E-state index contributed by atoms with van der Waals surface area (Å²) >= 11 is 3.56. The number of aromatic nitrogens is 3. The fourth-order valence-electron chi connectivity index (χ4n) is 2.68. The van der Waals surface area contributed by atoms with Crippen LogP contribution in [0.25, 0.3) is 0 Å². The van der Waals surface area contributed by atoms with E-state index in [1.54, 1.807) is 6.33 Å².